The number of aryl methyl sites for hydroxylation is 1. The molecule has 3 aromatic rings. The first kappa shape index (κ1) is 21.5. The van der Waals surface area contributed by atoms with Crippen LogP contribution in [-0.2, 0) is 13.6 Å². The lowest BCUT2D eigenvalue weighted by Gasteiger charge is -2.35. The number of nitrogens with two attached hydrogens (primary N) is 1. The Morgan fingerprint density at radius 1 is 1.38 bits per heavy atom. The standard InChI is InChI=1S/C22H25FN8O/c1-14-16(10-26-29(14)2)12-30-8-7-20(15(9-24)11-30)31-13-19(21(25)32)22(28-31)27-18-5-3-17(23)4-6-18/h3-6,10,13,15,20H,7-8,11-12H2,1-2H3,(H2,25,32)(H,27,28)/t15-,20+/m1/s1. The molecule has 0 bridgehead atoms. The van der Waals surface area contributed by atoms with Gasteiger partial charge in [0.25, 0.3) is 5.91 Å². The molecule has 0 spiro atoms. The third-order valence-electron chi connectivity index (χ3n) is 6.00. The van der Waals surface area contributed by atoms with Gasteiger partial charge in [-0.1, -0.05) is 0 Å². The van der Waals surface area contributed by atoms with E-state index in [0.717, 1.165) is 24.3 Å². The quantitative estimate of drug-likeness (QED) is 0.613. The zero-order valence-corrected chi connectivity index (χ0v) is 18.0. The molecular weight excluding hydrogens is 411 g/mol. The maximum absolute atomic E-state index is 13.2. The van der Waals surface area contributed by atoms with Crippen molar-refractivity contribution in [2.75, 3.05) is 18.4 Å². The molecule has 1 amide bonds. The average Bonchev–Trinajstić information content (AvgIpc) is 3.34. The van der Waals surface area contributed by atoms with Crippen LogP contribution in [0, 0.1) is 30.0 Å². The summed E-state index contributed by atoms with van der Waals surface area (Å²) in [4.78, 5) is 14.2. The Morgan fingerprint density at radius 3 is 2.75 bits per heavy atom. The number of hydrogen-bond donors (Lipinski definition) is 2. The van der Waals surface area contributed by atoms with Crippen LogP contribution in [0.2, 0.25) is 0 Å². The molecule has 1 aliphatic rings. The van der Waals surface area contributed by atoms with E-state index in [0.29, 0.717) is 18.7 Å². The summed E-state index contributed by atoms with van der Waals surface area (Å²) in [7, 11) is 1.91. The minimum absolute atomic E-state index is 0.187. The Morgan fingerprint density at radius 2 is 2.12 bits per heavy atom. The van der Waals surface area contributed by atoms with Gasteiger partial charge in [0.2, 0.25) is 0 Å². The van der Waals surface area contributed by atoms with Crippen LogP contribution in [0.3, 0.4) is 0 Å². The predicted molar refractivity (Wildman–Crippen MR) is 116 cm³/mol. The van der Waals surface area contributed by atoms with Crippen molar-refractivity contribution in [2.45, 2.75) is 25.9 Å². The highest BCUT2D eigenvalue weighted by Crippen LogP contribution is 2.31. The average molecular weight is 436 g/mol. The van der Waals surface area contributed by atoms with Crippen LogP contribution >= 0.6 is 0 Å². The minimum atomic E-state index is -0.626. The number of carbonyl (C=O) groups excluding carboxylic acids is 1. The van der Waals surface area contributed by atoms with Crippen LogP contribution in [-0.4, -0.2) is 43.5 Å². The number of nitrogens with one attached hydrogen (secondary N) is 1. The molecule has 1 fully saturated rings. The van der Waals surface area contributed by atoms with E-state index in [4.69, 9.17) is 5.73 Å². The van der Waals surface area contributed by atoms with Crippen LogP contribution < -0.4 is 11.1 Å². The Balaban J connectivity index is 1.52. The van der Waals surface area contributed by atoms with E-state index in [1.165, 1.54) is 12.1 Å². The van der Waals surface area contributed by atoms with E-state index in [1.54, 1.807) is 23.0 Å². The highest BCUT2D eigenvalue weighted by molar-refractivity contribution is 5.98. The fraction of sp³-hybridized carbons (Fsp3) is 0.364. The van der Waals surface area contributed by atoms with Gasteiger partial charge in [0.1, 0.15) is 11.4 Å². The number of aromatic nitrogens is 4. The molecule has 2 atom stereocenters. The fourth-order valence-corrected chi connectivity index (χ4v) is 4.04. The summed E-state index contributed by atoms with van der Waals surface area (Å²) in [5.41, 5.74) is 8.60. The molecule has 3 N–H and O–H groups in total. The first-order valence-electron chi connectivity index (χ1n) is 10.4. The van der Waals surface area contributed by atoms with Crippen molar-refractivity contribution in [3.63, 3.8) is 0 Å². The van der Waals surface area contributed by atoms with Crippen LogP contribution in [0.1, 0.15) is 34.1 Å². The lowest BCUT2D eigenvalue weighted by atomic mass is 9.93. The van der Waals surface area contributed by atoms with Crippen molar-refractivity contribution in [1.29, 1.82) is 5.26 Å². The molecule has 1 aromatic carbocycles. The highest BCUT2D eigenvalue weighted by Gasteiger charge is 2.32. The molecule has 32 heavy (non-hydrogen) atoms. The van der Waals surface area contributed by atoms with Crippen molar-refractivity contribution in [3.05, 3.63) is 59.3 Å². The normalized spacial score (nSPS) is 18.9. The summed E-state index contributed by atoms with van der Waals surface area (Å²) in [6.45, 7) is 4.13. The van der Waals surface area contributed by atoms with Gasteiger partial charge in [-0.25, -0.2) is 4.39 Å². The third kappa shape index (κ3) is 4.33. The van der Waals surface area contributed by atoms with Gasteiger partial charge in [-0.15, -0.1) is 0 Å². The van der Waals surface area contributed by atoms with Crippen molar-refractivity contribution >= 4 is 17.4 Å². The number of primary amides is 1. The SMILES string of the molecule is Cc1c(CN2CC[C@H](n3cc(C(N)=O)c(Nc4ccc(F)cc4)n3)[C@H](C#N)C2)cnn1C. The summed E-state index contributed by atoms with van der Waals surface area (Å²) in [6.07, 6.45) is 4.15. The lowest BCUT2D eigenvalue weighted by Crippen LogP contribution is -2.40. The molecule has 0 saturated carbocycles. The van der Waals surface area contributed by atoms with Crippen molar-refractivity contribution < 1.29 is 9.18 Å². The van der Waals surface area contributed by atoms with Crippen molar-refractivity contribution in [2.24, 2.45) is 18.7 Å². The molecule has 4 rings (SSSR count). The second-order valence-electron chi connectivity index (χ2n) is 8.07. The van der Waals surface area contributed by atoms with Gasteiger partial charge < -0.3 is 11.1 Å². The van der Waals surface area contributed by atoms with Gasteiger partial charge in [0.15, 0.2) is 5.82 Å². The number of likely N-dealkylation sites (tertiary alicyclic amines) is 1. The van der Waals surface area contributed by atoms with Crippen LogP contribution in [0.25, 0.3) is 0 Å². The van der Waals surface area contributed by atoms with E-state index >= 15 is 0 Å². The summed E-state index contributed by atoms with van der Waals surface area (Å²) in [5, 5.41) is 21.7. The number of piperidine rings is 1. The highest BCUT2D eigenvalue weighted by atomic mass is 19.1. The van der Waals surface area contributed by atoms with E-state index in [2.05, 4.69) is 26.5 Å². The van der Waals surface area contributed by atoms with E-state index in [9.17, 15) is 14.4 Å². The van der Waals surface area contributed by atoms with E-state index in [1.807, 2.05) is 24.9 Å². The van der Waals surface area contributed by atoms with Gasteiger partial charge in [-0.05, 0) is 37.6 Å². The summed E-state index contributed by atoms with van der Waals surface area (Å²) in [6, 6.07) is 7.95. The predicted octanol–water partition coefficient (Wildman–Crippen LogP) is 2.49. The summed E-state index contributed by atoms with van der Waals surface area (Å²) >= 11 is 0. The monoisotopic (exact) mass is 436 g/mol. The zero-order valence-electron chi connectivity index (χ0n) is 18.0. The largest absolute Gasteiger partial charge is 0.365 e. The number of halogens is 1. The molecule has 10 heteroatoms. The number of benzene rings is 1. The molecular formula is C22H25FN8O. The molecule has 0 radical (unpaired) electrons. The number of nitrogens with zero attached hydrogens (tertiary/aromatic N) is 6. The number of anilines is 2. The Kier molecular flexibility index (Phi) is 5.92. The first-order valence-corrected chi connectivity index (χ1v) is 10.4. The second kappa shape index (κ2) is 8.80. The Labute approximate surface area is 185 Å². The van der Waals surface area contributed by atoms with Gasteiger partial charge in [0.05, 0.1) is 24.2 Å². The van der Waals surface area contributed by atoms with Gasteiger partial charge in [-0.2, -0.15) is 15.5 Å². The van der Waals surface area contributed by atoms with E-state index in [-0.39, 0.29) is 29.2 Å². The van der Waals surface area contributed by atoms with Crippen LogP contribution in [0.5, 0.6) is 0 Å². The summed E-state index contributed by atoms with van der Waals surface area (Å²) in [5.74, 6) is -1.01. The molecule has 1 saturated heterocycles. The Hall–Kier alpha value is -3.71. The fourth-order valence-electron chi connectivity index (χ4n) is 4.04. The molecule has 2 aromatic heterocycles. The van der Waals surface area contributed by atoms with Crippen molar-refractivity contribution in [1.82, 2.24) is 24.5 Å². The maximum Gasteiger partial charge on any atom is 0.254 e. The van der Waals surface area contributed by atoms with Crippen LogP contribution in [0.4, 0.5) is 15.9 Å². The smallest absolute Gasteiger partial charge is 0.254 e. The molecule has 0 unspecified atom stereocenters. The Bertz CT molecular complexity index is 1160. The molecule has 166 valence electrons. The van der Waals surface area contributed by atoms with Crippen molar-refractivity contribution in [3.8, 4) is 6.07 Å². The van der Waals surface area contributed by atoms with Gasteiger partial charge in [-0.3, -0.25) is 19.1 Å². The number of amides is 1. The number of nitriles is 1. The zero-order chi connectivity index (χ0) is 22.8. The number of hydrogen-bond acceptors (Lipinski definition) is 6. The molecule has 1 aliphatic heterocycles. The lowest BCUT2D eigenvalue weighted by molar-refractivity contribution is 0.100. The topological polar surface area (TPSA) is 118 Å². The molecule has 3 heterocycles. The van der Waals surface area contributed by atoms with Gasteiger partial charge in [0, 0.05) is 49.8 Å². The van der Waals surface area contributed by atoms with E-state index < -0.39 is 5.91 Å². The number of rotatable bonds is 6. The molecule has 0 aliphatic carbocycles. The second-order valence-corrected chi connectivity index (χ2v) is 8.07. The molecule has 9 nitrogen and oxygen atoms in total. The maximum atomic E-state index is 13.2. The minimum Gasteiger partial charge on any atom is -0.365 e. The van der Waals surface area contributed by atoms with Crippen LogP contribution in [0.15, 0.2) is 36.7 Å². The first-order chi connectivity index (χ1) is 15.4. The van der Waals surface area contributed by atoms with Gasteiger partial charge >= 0.3 is 0 Å². The number of carbonyl (C=O) groups is 1. The summed E-state index contributed by atoms with van der Waals surface area (Å²) < 4.78 is 16.7. The third-order valence-corrected chi connectivity index (χ3v) is 6.00.